The van der Waals surface area contributed by atoms with Crippen LogP contribution in [0.3, 0.4) is 0 Å². The van der Waals surface area contributed by atoms with Crippen LogP contribution < -0.4 is 5.32 Å². The predicted octanol–water partition coefficient (Wildman–Crippen LogP) is 2.08. The summed E-state index contributed by atoms with van der Waals surface area (Å²) in [5.74, 6) is -0.431. The summed E-state index contributed by atoms with van der Waals surface area (Å²) in [4.78, 5) is 10.9. The summed E-state index contributed by atoms with van der Waals surface area (Å²) in [6.07, 6.45) is 0.330. The molecule has 1 N–H and O–H groups in total. The molecule has 12 heavy (non-hydrogen) atoms. The molecule has 0 aromatic heterocycles. The number of carbonyl (C=O) groups excluding carboxylic acids is 1. The second-order valence-corrected chi connectivity index (χ2v) is 3.49. The first-order chi connectivity index (χ1) is 5.66. The van der Waals surface area contributed by atoms with Crippen molar-refractivity contribution in [2.24, 2.45) is 0 Å². The number of anilines is 1. The fourth-order valence-corrected chi connectivity index (χ4v) is 1.82. The molecule has 0 spiro atoms. The van der Waals surface area contributed by atoms with Gasteiger partial charge in [0.2, 0.25) is 5.91 Å². The van der Waals surface area contributed by atoms with Crippen molar-refractivity contribution in [1.29, 1.82) is 0 Å². The Kier molecular flexibility index (Phi) is 1.65. The minimum absolute atomic E-state index is 0.0868. The zero-order chi connectivity index (χ0) is 8.72. The van der Waals surface area contributed by atoms with Crippen LogP contribution in [0.15, 0.2) is 16.6 Å². The Bertz CT molecular complexity index is 364. The lowest BCUT2D eigenvalue weighted by atomic mass is 10.2. The zero-order valence-electron chi connectivity index (χ0n) is 6.03. The van der Waals surface area contributed by atoms with E-state index in [4.69, 9.17) is 0 Å². The van der Waals surface area contributed by atoms with Crippen LogP contribution in [0.2, 0.25) is 0 Å². The number of halogens is 2. The fraction of sp³-hybridized carbons (Fsp3) is 0.125. The van der Waals surface area contributed by atoms with E-state index in [1.165, 1.54) is 12.1 Å². The monoisotopic (exact) mass is 229 g/mol. The number of fused-ring (bicyclic) bond motifs is 1. The Morgan fingerprint density at radius 3 is 3.00 bits per heavy atom. The van der Waals surface area contributed by atoms with E-state index < -0.39 is 0 Å². The molecular weight excluding hydrogens is 225 g/mol. The molecule has 0 atom stereocenters. The molecule has 1 aliphatic heterocycles. The van der Waals surface area contributed by atoms with Crippen LogP contribution in [-0.4, -0.2) is 5.91 Å². The van der Waals surface area contributed by atoms with Gasteiger partial charge in [0.1, 0.15) is 5.82 Å². The SMILES string of the molecule is O=C1Cc2c(Br)cc(F)cc2N1. The topological polar surface area (TPSA) is 29.1 Å². The van der Waals surface area contributed by atoms with Crippen molar-refractivity contribution in [3.63, 3.8) is 0 Å². The maximum Gasteiger partial charge on any atom is 0.228 e. The molecule has 1 aromatic rings. The molecule has 1 aliphatic rings. The van der Waals surface area contributed by atoms with Crippen molar-refractivity contribution in [2.75, 3.05) is 5.32 Å². The van der Waals surface area contributed by atoms with Crippen molar-refractivity contribution < 1.29 is 9.18 Å². The van der Waals surface area contributed by atoms with Gasteiger partial charge in [-0.3, -0.25) is 4.79 Å². The molecule has 1 heterocycles. The van der Waals surface area contributed by atoms with Gasteiger partial charge in [-0.05, 0) is 17.7 Å². The Morgan fingerprint density at radius 1 is 1.50 bits per heavy atom. The number of hydrogen-bond donors (Lipinski definition) is 1. The molecule has 0 bridgehead atoms. The highest BCUT2D eigenvalue weighted by Crippen LogP contribution is 2.30. The van der Waals surface area contributed by atoms with Gasteiger partial charge >= 0.3 is 0 Å². The molecule has 0 fully saturated rings. The summed E-state index contributed by atoms with van der Waals surface area (Å²) in [7, 11) is 0. The van der Waals surface area contributed by atoms with E-state index in [0.717, 1.165) is 5.56 Å². The predicted molar refractivity (Wildman–Crippen MR) is 46.4 cm³/mol. The summed E-state index contributed by atoms with van der Waals surface area (Å²) in [6.45, 7) is 0. The van der Waals surface area contributed by atoms with Crippen LogP contribution >= 0.6 is 15.9 Å². The molecule has 0 unspecified atom stereocenters. The van der Waals surface area contributed by atoms with E-state index in [2.05, 4.69) is 21.2 Å². The minimum atomic E-state index is -0.345. The average Bonchev–Trinajstić information content (AvgIpc) is 2.29. The third-order valence-electron chi connectivity index (χ3n) is 1.77. The highest BCUT2D eigenvalue weighted by molar-refractivity contribution is 9.10. The van der Waals surface area contributed by atoms with Crippen molar-refractivity contribution in [2.45, 2.75) is 6.42 Å². The molecule has 2 nitrogen and oxygen atoms in total. The molecule has 0 aliphatic carbocycles. The number of carbonyl (C=O) groups is 1. The van der Waals surface area contributed by atoms with Crippen LogP contribution in [0.25, 0.3) is 0 Å². The third-order valence-corrected chi connectivity index (χ3v) is 2.48. The molecule has 0 radical (unpaired) electrons. The van der Waals surface area contributed by atoms with Gasteiger partial charge in [0, 0.05) is 10.2 Å². The van der Waals surface area contributed by atoms with E-state index in [1.54, 1.807) is 0 Å². The van der Waals surface area contributed by atoms with Crippen molar-refractivity contribution in [1.82, 2.24) is 0 Å². The lowest BCUT2D eigenvalue weighted by Gasteiger charge is -2.00. The summed E-state index contributed by atoms with van der Waals surface area (Å²) in [5.41, 5.74) is 1.41. The largest absolute Gasteiger partial charge is 0.325 e. The third kappa shape index (κ3) is 1.12. The number of rotatable bonds is 0. The first-order valence-electron chi connectivity index (χ1n) is 3.44. The van der Waals surface area contributed by atoms with Gasteiger partial charge < -0.3 is 5.32 Å². The Morgan fingerprint density at radius 2 is 2.25 bits per heavy atom. The molecule has 1 aromatic carbocycles. The fourth-order valence-electron chi connectivity index (χ4n) is 1.25. The molecular formula is C8H5BrFNO. The first kappa shape index (κ1) is 7.73. The van der Waals surface area contributed by atoms with E-state index in [-0.39, 0.29) is 11.7 Å². The smallest absolute Gasteiger partial charge is 0.228 e. The Labute approximate surface area is 76.9 Å². The molecule has 1 amide bonds. The highest BCUT2D eigenvalue weighted by atomic mass is 79.9. The summed E-state index contributed by atoms with van der Waals surface area (Å²) in [6, 6.07) is 2.68. The normalized spacial score (nSPS) is 14.3. The van der Waals surface area contributed by atoms with Gasteiger partial charge in [0.05, 0.1) is 6.42 Å². The standard InChI is InChI=1S/C8H5BrFNO/c9-6-1-4(10)2-7-5(6)3-8(12)11-7/h1-2H,3H2,(H,11,12). The van der Waals surface area contributed by atoms with E-state index in [1.807, 2.05) is 0 Å². The van der Waals surface area contributed by atoms with Crippen LogP contribution in [0.1, 0.15) is 5.56 Å². The first-order valence-corrected chi connectivity index (χ1v) is 4.24. The maximum absolute atomic E-state index is 12.8. The van der Waals surface area contributed by atoms with E-state index in [0.29, 0.717) is 16.6 Å². The van der Waals surface area contributed by atoms with Gasteiger partial charge in [-0.1, -0.05) is 15.9 Å². The molecule has 62 valence electrons. The highest BCUT2D eigenvalue weighted by Gasteiger charge is 2.20. The van der Waals surface area contributed by atoms with Crippen LogP contribution in [-0.2, 0) is 11.2 Å². The van der Waals surface area contributed by atoms with E-state index >= 15 is 0 Å². The Hall–Kier alpha value is -0.900. The molecule has 4 heteroatoms. The number of hydrogen-bond acceptors (Lipinski definition) is 1. The van der Waals surface area contributed by atoms with Crippen LogP contribution in [0.4, 0.5) is 10.1 Å². The molecule has 0 saturated carbocycles. The van der Waals surface area contributed by atoms with Gasteiger partial charge in [0.25, 0.3) is 0 Å². The summed E-state index contributed by atoms with van der Waals surface area (Å²) >= 11 is 3.19. The summed E-state index contributed by atoms with van der Waals surface area (Å²) in [5, 5.41) is 2.57. The van der Waals surface area contributed by atoms with Crippen molar-refractivity contribution in [3.8, 4) is 0 Å². The average molecular weight is 230 g/mol. The van der Waals surface area contributed by atoms with Crippen LogP contribution in [0, 0.1) is 5.82 Å². The quantitative estimate of drug-likeness (QED) is 0.726. The van der Waals surface area contributed by atoms with Gasteiger partial charge in [0.15, 0.2) is 0 Å². The van der Waals surface area contributed by atoms with Gasteiger partial charge in [-0.2, -0.15) is 0 Å². The molecule has 2 rings (SSSR count). The Balaban J connectivity index is 2.59. The second kappa shape index (κ2) is 2.55. The van der Waals surface area contributed by atoms with E-state index in [9.17, 15) is 9.18 Å². The zero-order valence-corrected chi connectivity index (χ0v) is 7.61. The summed E-state index contributed by atoms with van der Waals surface area (Å²) < 4.78 is 13.4. The second-order valence-electron chi connectivity index (χ2n) is 2.64. The maximum atomic E-state index is 12.8. The number of nitrogens with one attached hydrogen (secondary N) is 1. The van der Waals surface area contributed by atoms with Crippen LogP contribution in [0.5, 0.6) is 0 Å². The number of amides is 1. The van der Waals surface area contributed by atoms with Crippen molar-refractivity contribution in [3.05, 3.63) is 28.0 Å². The minimum Gasteiger partial charge on any atom is -0.325 e. The van der Waals surface area contributed by atoms with Crippen molar-refractivity contribution >= 4 is 27.5 Å². The van der Waals surface area contributed by atoms with Gasteiger partial charge in [-0.25, -0.2) is 4.39 Å². The number of benzene rings is 1. The molecule has 0 saturated heterocycles. The lowest BCUT2D eigenvalue weighted by Crippen LogP contribution is -2.03. The van der Waals surface area contributed by atoms with Gasteiger partial charge in [-0.15, -0.1) is 0 Å². The lowest BCUT2D eigenvalue weighted by molar-refractivity contribution is -0.115.